The zero-order valence-corrected chi connectivity index (χ0v) is 5.30. The molecule has 0 amide bonds. The molecule has 1 rings (SSSR count). The fraction of sp³-hybridized carbons (Fsp3) is 0.167. The molecule has 0 fully saturated rings. The first-order chi connectivity index (χ1) is 5.02. The molecule has 1 aromatic heterocycles. The van der Waals surface area contributed by atoms with Crippen LogP contribution in [0, 0.1) is 0 Å². The zero-order chi connectivity index (χ0) is 8.48. The van der Waals surface area contributed by atoms with Gasteiger partial charge < -0.3 is 0 Å². The highest BCUT2D eigenvalue weighted by Gasteiger charge is 2.30. The summed E-state index contributed by atoms with van der Waals surface area (Å²) < 4.78 is 35.2. The molecule has 2 nitrogen and oxygen atoms in total. The predicted octanol–water partition coefficient (Wildman–Crippen LogP) is 1.32. The summed E-state index contributed by atoms with van der Waals surface area (Å²) in [6, 6.07) is 3.26. The first-order valence-electron chi connectivity index (χ1n) is 2.77. The monoisotopic (exact) mass is 163 g/mol. The van der Waals surface area contributed by atoms with Crippen LogP contribution in [0.2, 0.25) is 0 Å². The van der Waals surface area contributed by atoms with Crippen LogP contribution in [0.1, 0.15) is 0 Å². The number of aromatic nitrogens is 1. The smallest absolute Gasteiger partial charge is 0.269 e. The van der Waals surface area contributed by atoms with Gasteiger partial charge in [0.05, 0.1) is 0 Å². The van der Waals surface area contributed by atoms with Gasteiger partial charge in [-0.2, -0.15) is 0 Å². The van der Waals surface area contributed by atoms with E-state index in [4.69, 9.17) is 0 Å². The van der Waals surface area contributed by atoms with E-state index in [0.717, 1.165) is 12.1 Å². The van der Waals surface area contributed by atoms with Gasteiger partial charge >= 0.3 is 6.30 Å². The Morgan fingerprint density at radius 2 is 1.91 bits per heavy atom. The average molecular weight is 163 g/mol. The maximum absolute atomic E-state index is 11.8. The third-order valence-electron chi connectivity index (χ3n) is 1.10. The Balaban J connectivity index is 3.26. The summed E-state index contributed by atoms with van der Waals surface area (Å²) in [7, 11) is 0. The summed E-state index contributed by atoms with van der Waals surface area (Å²) in [6.07, 6.45) is -3.93. The van der Waals surface area contributed by atoms with Crippen molar-refractivity contribution >= 4 is 0 Å². The van der Waals surface area contributed by atoms with Crippen molar-refractivity contribution in [3.63, 3.8) is 0 Å². The number of alkyl halides is 3. The highest BCUT2D eigenvalue weighted by atomic mass is 19.4. The van der Waals surface area contributed by atoms with Gasteiger partial charge in [0.25, 0.3) is 5.56 Å². The predicted molar refractivity (Wildman–Crippen MR) is 32.0 cm³/mol. The molecule has 0 saturated carbocycles. The quantitative estimate of drug-likeness (QED) is 0.565. The second-order valence-corrected chi connectivity index (χ2v) is 1.88. The highest BCUT2D eigenvalue weighted by molar-refractivity contribution is 4.93. The van der Waals surface area contributed by atoms with Crippen molar-refractivity contribution in [1.29, 1.82) is 0 Å². The molecule has 0 aromatic carbocycles. The summed E-state index contributed by atoms with van der Waals surface area (Å²) in [5, 5.41) is 0. The van der Waals surface area contributed by atoms with E-state index in [2.05, 4.69) is 0 Å². The Bertz CT molecular complexity index is 301. The molecule has 1 heterocycles. The van der Waals surface area contributed by atoms with Crippen molar-refractivity contribution in [3.05, 3.63) is 34.7 Å². The molecular formula is C6H4F3NO. The molecule has 0 aliphatic rings. The normalized spacial score (nSPS) is 11.5. The lowest BCUT2D eigenvalue weighted by Gasteiger charge is -2.07. The molecule has 0 unspecified atom stereocenters. The van der Waals surface area contributed by atoms with Gasteiger partial charge in [-0.25, -0.2) is 4.57 Å². The van der Waals surface area contributed by atoms with E-state index in [9.17, 15) is 18.0 Å². The van der Waals surface area contributed by atoms with Crippen molar-refractivity contribution in [2.75, 3.05) is 0 Å². The number of pyridine rings is 1. The maximum atomic E-state index is 11.8. The molecule has 0 saturated heterocycles. The van der Waals surface area contributed by atoms with E-state index in [1.54, 1.807) is 0 Å². The van der Waals surface area contributed by atoms with E-state index >= 15 is 0 Å². The van der Waals surface area contributed by atoms with Crippen molar-refractivity contribution in [2.24, 2.45) is 0 Å². The van der Waals surface area contributed by atoms with Crippen LogP contribution >= 0.6 is 0 Å². The number of hydrogen-bond donors (Lipinski definition) is 0. The summed E-state index contributed by atoms with van der Waals surface area (Å²) in [6.45, 7) is 0. The minimum atomic E-state index is -4.61. The van der Waals surface area contributed by atoms with Crippen LogP contribution in [0.4, 0.5) is 13.2 Å². The summed E-state index contributed by atoms with van der Waals surface area (Å²) in [5.74, 6) is 0. The molecule has 0 bridgehead atoms. The molecule has 0 radical (unpaired) electrons. The minimum Gasteiger partial charge on any atom is -0.269 e. The van der Waals surface area contributed by atoms with Crippen LogP contribution in [0.5, 0.6) is 0 Å². The lowest BCUT2D eigenvalue weighted by molar-refractivity contribution is -0.206. The Hall–Kier alpha value is -1.26. The first kappa shape index (κ1) is 7.84. The molecule has 0 aliphatic heterocycles. The molecule has 0 atom stereocenters. The van der Waals surface area contributed by atoms with E-state index in [-0.39, 0.29) is 4.57 Å². The van der Waals surface area contributed by atoms with Gasteiger partial charge in [0.2, 0.25) is 0 Å². The van der Waals surface area contributed by atoms with E-state index < -0.39 is 11.9 Å². The molecule has 1 aromatic rings. The Kier molecular flexibility index (Phi) is 1.72. The molecule has 0 N–H and O–H groups in total. The van der Waals surface area contributed by atoms with Crippen LogP contribution in [-0.4, -0.2) is 4.57 Å². The van der Waals surface area contributed by atoms with Crippen molar-refractivity contribution < 1.29 is 13.2 Å². The average Bonchev–Trinajstić information content (AvgIpc) is 1.86. The summed E-state index contributed by atoms with van der Waals surface area (Å²) in [5.41, 5.74) is -1.07. The lowest BCUT2D eigenvalue weighted by atomic mass is 10.5. The van der Waals surface area contributed by atoms with Gasteiger partial charge in [0, 0.05) is 12.3 Å². The topological polar surface area (TPSA) is 22.0 Å². The molecule has 0 spiro atoms. The van der Waals surface area contributed by atoms with Gasteiger partial charge in [0.15, 0.2) is 0 Å². The number of halogens is 3. The summed E-state index contributed by atoms with van der Waals surface area (Å²) >= 11 is 0. The second-order valence-electron chi connectivity index (χ2n) is 1.88. The largest absolute Gasteiger partial charge is 0.491 e. The Morgan fingerprint density at radius 1 is 1.27 bits per heavy atom. The van der Waals surface area contributed by atoms with Crippen molar-refractivity contribution in [2.45, 2.75) is 6.30 Å². The minimum absolute atomic E-state index is 0.285. The van der Waals surface area contributed by atoms with E-state index in [0.29, 0.717) is 6.20 Å². The third-order valence-corrected chi connectivity index (χ3v) is 1.10. The van der Waals surface area contributed by atoms with Gasteiger partial charge in [-0.3, -0.25) is 4.79 Å². The highest BCUT2D eigenvalue weighted by Crippen LogP contribution is 2.18. The zero-order valence-electron chi connectivity index (χ0n) is 5.30. The van der Waals surface area contributed by atoms with Crippen molar-refractivity contribution in [1.82, 2.24) is 4.57 Å². The fourth-order valence-electron chi connectivity index (χ4n) is 0.637. The number of hydrogen-bond acceptors (Lipinski definition) is 1. The molecule has 60 valence electrons. The molecule has 5 heteroatoms. The van der Waals surface area contributed by atoms with Crippen LogP contribution in [0.25, 0.3) is 0 Å². The van der Waals surface area contributed by atoms with Crippen LogP contribution in [-0.2, 0) is 6.30 Å². The molecule has 0 aliphatic carbocycles. The number of rotatable bonds is 0. The Morgan fingerprint density at radius 3 is 2.27 bits per heavy atom. The summed E-state index contributed by atoms with van der Waals surface area (Å²) in [4.78, 5) is 10.5. The first-order valence-corrected chi connectivity index (χ1v) is 2.77. The van der Waals surface area contributed by atoms with Crippen LogP contribution in [0.15, 0.2) is 29.2 Å². The third kappa shape index (κ3) is 1.60. The number of nitrogens with zero attached hydrogens (tertiary/aromatic N) is 1. The van der Waals surface area contributed by atoms with Gasteiger partial charge in [0.1, 0.15) is 0 Å². The maximum Gasteiger partial charge on any atom is 0.491 e. The van der Waals surface area contributed by atoms with Gasteiger partial charge in [-0.1, -0.05) is 6.07 Å². The lowest BCUT2D eigenvalue weighted by Crippen LogP contribution is -2.29. The van der Waals surface area contributed by atoms with E-state index in [1.165, 1.54) is 6.07 Å². The van der Waals surface area contributed by atoms with Gasteiger partial charge in [-0.05, 0) is 6.07 Å². The van der Waals surface area contributed by atoms with E-state index in [1.807, 2.05) is 0 Å². The second kappa shape index (κ2) is 2.41. The van der Waals surface area contributed by atoms with Crippen LogP contribution < -0.4 is 5.56 Å². The fourth-order valence-corrected chi connectivity index (χ4v) is 0.637. The van der Waals surface area contributed by atoms with Crippen LogP contribution in [0.3, 0.4) is 0 Å². The molecule has 11 heavy (non-hydrogen) atoms. The van der Waals surface area contributed by atoms with Gasteiger partial charge in [-0.15, -0.1) is 13.2 Å². The Labute approximate surface area is 59.9 Å². The standard InChI is InChI=1S/C6H4F3NO/c7-6(8,9)10-4-2-1-3-5(10)11/h1-4H. The SMILES string of the molecule is O=c1ccccn1C(F)(F)F. The van der Waals surface area contributed by atoms with Crippen molar-refractivity contribution in [3.8, 4) is 0 Å². The molecular weight excluding hydrogens is 159 g/mol.